The Morgan fingerprint density at radius 2 is 2.04 bits per heavy atom. The molecule has 1 N–H and O–H groups in total. The van der Waals surface area contributed by atoms with E-state index in [0.717, 1.165) is 24.6 Å². The van der Waals surface area contributed by atoms with Crippen LogP contribution in [0.25, 0.3) is 11.4 Å². The van der Waals surface area contributed by atoms with Gasteiger partial charge in [-0.15, -0.1) is 0 Å². The fourth-order valence-corrected chi connectivity index (χ4v) is 2.17. The summed E-state index contributed by atoms with van der Waals surface area (Å²) < 4.78 is 0. The van der Waals surface area contributed by atoms with Crippen LogP contribution in [0.5, 0.6) is 0 Å². The van der Waals surface area contributed by atoms with Crippen LogP contribution in [0.2, 0.25) is 0 Å². The number of aryl methyl sites for hydroxylation is 1. The van der Waals surface area contributed by atoms with Crippen LogP contribution < -0.4 is 5.32 Å². The van der Waals surface area contributed by atoms with Gasteiger partial charge in [0.05, 0.1) is 4.92 Å². The zero-order chi connectivity index (χ0) is 17.7. The maximum absolute atomic E-state index is 10.9. The Morgan fingerprint density at radius 1 is 1.29 bits per heavy atom. The first-order chi connectivity index (χ1) is 11.4. The summed E-state index contributed by atoms with van der Waals surface area (Å²) in [5.41, 5.74) is 1.48. The van der Waals surface area contributed by atoms with Crippen LogP contribution in [0.15, 0.2) is 30.3 Å². The Labute approximate surface area is 141 Å². The van der Waals surface area contributed by atoms with Gasteiger partial charge >= 0.3 is 0 Å². The molecule has 1 aromatic carbocycles. The average molecular weight is 329 g/mol. The lowest BCUT2D eigenvalue weighted by molar-refractivity contribution is -0.384. The molecule has 0 bridgehead atoms. The molecule has 24 heavy (non-hydrogen) atoms. The van der Waals surface area contributed by atoms with Crippen molar-refractivity contribution in [2.75, 3.05) is 25.5 Å². The lowest BCUT2D eigenvalue weighted by Crippen LogP contribution is -2.31. The number of non-ortho nitro benzene ring substituents is 1. The van der Waals surface area contributed by atoms with Crippen LogP contribution in [-0.4, -0.2) is 46.0 Å². The van der Waals surface area contributed by atoms with E-state index in [1.54, 1.807) is 12.1 Å². The normalized spacial score (nSPS) is 11.1. The summed E-state index contributed by atoms with van der Waals surface area (Å²) in [6.45, 7) is 7.84. The van der Waals surface area contributed by atoms with Gasteiger partial charge in [-0.3, -0.25) is 10.1 Å². The number of nitro groups is 1. The second kappa shape index (κ2) is 7.83. The number of nitrogens with one attached hydrogen (secondary N) is 1. The van der Waals surface area contributed by atoms with Crippen LogP contribution in [-0.2, 0) is 0 Å². The van der Waals surface area contributed by atoms with E-state index < -0.39 is 4.92 Å². The molecule has 0 aliphatic heterocycles. The fourth-order valence-electron chi connectivity index (χ4n) is 2.17. The van der Waals surface area contributed by atoms with Gasteiger partial charge in [0.15, 0.2) is 5.82 Å². The number of hydrogen-bond acceptors (Lipinski definition) is 6. The molecule has 128 valence electrons. The highest BCUT2D eigenvalue weighted by molar-refractivity contribution is 5.61. The molecule has 0 atom stereocenters. The minimum atomic E-state index is -0.416. The summed E-state index contributed by atoms with van der Waals surface area (Å²) in [4.78, 5) is 21.6. The molecule has 0 amide bonds. The quantitative estimate of drug-likeness (QED) is 0.620. The molecule has 7 nitrogen and oxygen atoms in total. The van der Waals surface area contributed by atoms with Gasteiger partial charge in [0.1, 0.15) is 5.82 Å². The van der Waals surface area contributed by atoms with Crippen molar-refractivity contribution in [1.29, 1.82) is 0 Å². The number of benzene rings is 1. The molecule has 0 saturated heterocycles. The van der Waals surface area contributed by atoms with Gasteiger partial charge in [0.2, 0.25) is 0 Å². The highest BCUT2D eigenvalue weighted by Crippen LogP contribution is 2.22. The van der Waals surface area contributed by atoms with E-state index in [-0.39, 0.29) is 5.69 Å². The summed E-state index contributed by atoms with van der Waals surface area (Å²) in [6, 6.07) is 8.73. The van der Waals surface area contributed by atoms with E-state index in [4.69, 9.17) is 0 Å². The molecular weight excluding hydrogens is 306 g/mol. The molecule has 2 aromatic rings. The molecule has 0 fully saturated rings. The van der Waals surface area contributed by atoms with Crippen LogP contribution in [0.1, 0.15) is 19.5 Å². The minimum absolute atomic E-state index is 0.0330. The van der Waals surface area contributed by atoms with Gasteiger partial charge < -0.3 is 10.2 Å². The largest absolute Gasteiger partial charge is 0.369 e. The lowest BCUT2D eigenvalue weighted by Gasteiger charge is -2.21. The van der Waals surface area contributed by atoms with Crippen molar-refractivity contribution in [3.63, 3.8) is 0 Å². The molecule has 0 aliphatic carbocycles. The Kier molecular flexibility index (Phi) is 5.81. The predicted molar refractivity (Wildman–Crippen MR) is 95.1 cm³/mol. The van der Waals surface area contributed by atoms with Gasteiger partial charge in [0.25, 0.3) is 5.69 Å². The Morgan fingerprint density at radius 3 is 2.71 bits per heavy atom. The maximum Gasteiger partial charge on any atom is 0.270 e. The molecule has 1 aromatic heterocycles. The van der Waals surface area contributed by atoms with Crippen molar-refractivity contribution < 1.29 is 4.92 Å². The van der Waals surface area contributed by atoms with Crippen molar-refractivity contribution in [3.8, 4) is 11.4 Å². The van der Waals surface area contributed by atoms with Crippen molar-refractivity contribution in [2.45, 2.75) is 26.8 Å². The third-order valence-corrected chi connectivity index (χ3v) is 3.82. The zero-order valence-corrected chi connectivity index (χ0v) is 14.5. The topological polar surface area (TPSA) is 84.2 Å². The first-order valence-corrected chi connectivity index (χ1v) is 7.91. The molecule has 0 spiro atoms. The first-order valence-electron chi connectivity index (χ1n) is 7.91. The number of likely N-dealkylation sites (N-methyl/N-ethyl adjacent to an activating group) is 1. The van der Waals surface area contributed by atoms with Crippen molar-refractivity contribution in [3.05, 3.63) is 46.1 Å². The van der Waals surface area contributed by atoms with Crippen molar-refractivity contribution >= 4 is 11.5 Å². The number of nitro benzene ring substituents is 1. The van der Waals surface area contributed by atoms with Gasteiger partial charge in [0, 0.05) is 48.6 Å². The fraction of sp³-hybridized carbons (Fsp3) is 0.412. The van der Waals surface area contributed by atoms with Gasteiger partial charge in [-0.1, -0.05) is 12.1 Å². The number of nitrogens with zero attached hydrogens (tertiary/aromatic N) is 4. The predicted octanol–water partition coefficient (Wildman–Crippen LogP) is 3.11. The number of anilines is 1. The van der Waals surface area contributed by atoms with Crippen molar-refractivity contribution in [1.82, 2.24) is 14.9 Å². The lowest BCUT2D eigenvalue weighted by atomic mass is 10.2. The number of aromatic nitrogens is 2. The second-order valence-corrected chi connectivity index (χ2v) is 6.03. The Bertz CT molecular complexity index is 718. The summed E-state index contributed by atoms with van der Waals surface area (Å²) >= 11 is 0. The summed E-state index contributed by atoms with van der Waals surface area (Å²) in [5, 5.41) is 14.2. The monoisotopic (exact) mass is 329 g/mol. The van der Waals surface area contributed by atoms with E-state index in [1.807, 2.05) is 13.0 Å². The van der Waals surface area contributed by atoms with Crippen LogP contribution >= 0.6 is 0 Å². The van der Waals surface area contributed by atoms with Gasteiger partial charge in [-0.05, 0) is 27.8 Å². The number of hydrogen-bond donors (Lipinski definition) is 1. The summed E-state index contributed by atoms with van der Waals surface area (Å²) in [6.07, 6.45) is 0. The Hall–Kier alpha value is -2.54. The summed E-state index contributed by atoms with van der Waals surface area (Å²) in [5.74, 6) is 1.21. The molecule has 0 saturated carbocycles. The number of rotatable bonds is 7. The zero-order valence-electron chi connectivity index (χ0n) is 14.5. The van der Waals surface area contributed by atoms with Gasteiger partial charge in [-0.25, -0.2) is 9.97 Å². The highest BCUT2D eigenvalue weighted by Gasteiger charge is 2.10. The molecule has 2 rings (SSSR count). The van der Waals surface area contributed by atoms with Gasteiger partial charge in [-0.2, -0.15) is 0 Å². The summed E-state index contributed by atoms with van der Waals surface area (Å²) in [7, 11) is 2.08. The molecule has 1 heterocycles. The van der Waals surface area contributed by atoms with E-state index in [1.165, 1.54) is 12.1 Å². The van der Waals surface area contributed by atoms with Crippen molar-refractivity contribution in [2.24, 2.45) is 0 Å². The maximum atomic E-state index is 10.9. The van der Waals surface area contributed by atoms with Crippen LogP contribution in [0, 0.1) is 17.0 Å². The smallest absolute Gasteiger partial charge is 0.270 e. The third-order valence-electron chi connectivity index (χ3n) is 3.82. The molecule has 0 aliphatic rings. The van der Waals surface area contributed by atoms with E-state index in [9.17, 15) is 10.1 Å². The standard InChI is InChI=1S/C17H23N5O2/c1-12(2)21(4)9-8-18-16-10-13(3)19-17(20-16)14-6-5-7-15(11-14)22(23)24/h5-7,10-12H,8-9H2,1-4H3,(H,18,19,20). The van der Waals surface area contributed by atoms with E-state index in [2.05, 4.69) is 41.1 Å². The molecule has 0 unspecified atom stereocenters. The average Bonchev–Trinajstić information content (AvgIpc) is 2.54. The first kappa shape index (κ1) is 17.8. The highest BCUT2D eigenvalue weighted by atomic mass is 16.6. The molecule has 7 heteroatoms. The van der Waals surface area contributed by atoms with E-state index >= 15 is 0 Å². The SMILES string of the molecule is Cc1cc(NCCN(C)C(C)C)nc(-c2cccc([N+](=O)[O-])c2)n1. The third kappa shape index (κ3) is 4.73. The van der Waals surface area contributed by atoms with Crippen LogP contribution in [0.3, 0.4) is 0 Å². The van der Waals surface area contributed by atoms with Crippen LogP contribution in [0.4, 0.5) is 11.5 Å². The minimum Gasteiger partial charge on any atom is -0.369 e. The van der Waals surface area contributed by atoms with E-state index in [0.29, 0.717) is 17.4 Å². The molecule has 0 radical (unpaired) electrons. The molecular formula is C17H23N5O2. The Balaban J connectivity index is 2.16. The second-order valence-electron chi connectivity index (χ2n) is 6.03.